The van der Waals surface area contributed by atoms with Crippen molar-refractivity contribution in [3.05, 3.63) is 24.3 Å². The van der Waals surface area contributed by atoms with Gasteiger partial charge in [-0.25, -0.2) is 0 Å². The number of carbonyl (C=O) groups excluding carboxylic acids is 3. The lowest BCUT2D eigenvalue weighted by molar-refractivity contribution is -0.154. The number of nitrogens with zero attached hydrogens (tertiary/aromatic N) is 2. The van der Waals surface area contributed by atoms with Crippen molar-refractivity contribution in [1.82, 2.24) is 9.80 Å². The Hall–Kier alpha value is -1.80. The summed E-state index contributed by atoms with van der Waals surface area (Å²) in [4.78, 5) is 45.6. The molecule has 35 heavy (non-hydrogen) atoms. The molecule has 5 aliphatic rings. The molecule has 1 aliphatic carbocycles. The first kappa shape index (κ1) is 24.9. The predicted molar refractivity (Wildman–Crippen MR) is 135 cm³/mol. The van der Waals surface area contributed by atoms with E-state index in [0.29, 0.717) is 32.5 Å². The fourth-order valence-electron chi connectivity index (χ4n) is 7.04. The van der Waals surface area contributed by atoms with Crippen LogP contribution in [0.5, 0.6) is 0 Å². The lowest BCUT2D eigenvalue weighted by Crippen LogP contribution is -2.55. The molecule has 192 valence electrons. The van der Waals surface area contributed by atoms with Gasteiger partial charge in [0.2, 0.25) is 11.8 Å². The highest BCUT2D eigenvalue weighted by Crippen LogP contribution is 2.65. The topological polar surface area (TPSA) is 87.1 Å². The van der Waals surface area contributed by atoms with Crippen molar-refractivity contribution in [3.63, 3.8) is 0 Å². The van der Waals surface area contributed by atoms with E-state index >= 15 is 0 Å². The highest BCUT2D eigenvalue weighted by molar-refractivity contribution is 8.02. The van der Waals surface area contributed by atoms with Crippen molar-refractivity contribution in [2.24, 2.45) is 11.8 Å². The number of fused-ring (bicyclic) bond motifs is 2. The Morgan fingerprint density at radius 3 is 2.60 bits per heavy atom. The number of likely N-dealkylation sites (tertiary alicyclic amines) is 1. The first-order chi connectivity index (χ1) is 16.9. The molecule has 0 bridgehead atoms. The Bertz CT molecular complexity index is 915. The molecule has 0 aromatic carbocycles. The maximum Gasteiger partial charge on any atom is 0.311 e. The molecule has 1 saturated carbocycles. The lowest BCUT2D eigenvalue weighted by atomic mass is 9.74. The zero-order chi connectivity index (χ0) is 24.6. The molecular formula is C27H38N2O5S. The van der Waals surface area contributed by atoms with Crippen molar-refractivity contribution < 1.29 is 24.2 Å². The van der Waals surface area contributed by atoms with Crippen LogP contribution in [0.15, 0.2) is 24.3 Å². The summed E-state index contributed by atoms with van der Waals surface area (Å²) in [5, 5.41) is 9.21. The zero-order valence-corrected chi connectivity index (χ0v) is 21.5. The Morgan fingerprint density at radius 1 is 1.03 bits per heavy atom. The van der Waals surface area contributed by atoms with Crippen LogP contribution in [-0.4, -0.2) is 80.6 Å². The Morgan fingerprint density at radius 2 is 1.83 bits per heavy atom. The fraction of sp³-hybridized carbons (Fsp3) is 0.741. The van der Waals surface area contributed by atoms with E-state index in [2.05, 4.69) is 18.2 Å². The number of unbranched alkanes of at least 4 members (excludes halogenated alkanes) is 2. The molecule has 3 fully saturated rings. The van der Waals surface area contributed by atoms with Gasteiger partial charge >= 0.3 is 5.97 Å². The Labute approximate surface area is 212 Å². The lowest BCUT2D eigenvalue weighted by Gasteiger charge is -2.40. The summed E-state index contributed by atoms with van der Waals surface area (Å²) in [7, 11) is 0. The Balaban J connectivity index is 1.55. The number of ether oxygens (including phenoxy) is 1. The fourth-order valence-corrected chi connectivity index (χ4v) is 9.19. The second kappa shape index (κ2) is 9.92. The highest BCUT2D eigenvalue weighted by Gasteiger charge is 2.73. The molecule has 1 unspecified atom stereocenters. The van der Waals surface area contributed by atoms with Gasteiger partial charge in [0.25, 0.3) is 0 Å². The standard InChI is InChI=1S/C27H38N2O5S/c1-26-13-6-9-18-34-25(33)21(26)20-23(31)29(15-7-3-8-17-30)22-24(32)28(19-11-4-2-5-12-19)16-10-14-27(20,22)35-26/h6,10,13-14,19-22,30H,2-5,7-9,11-12,15-18H2,1H3/t20-,21+,22?,26-,27-/m0/s1. The molecule has 0 radical (unpaired) electrons. The van der Waals surface area contributed by atoms with Gasteiger partial charge in [-0.05, 0) is 45.4 Å². The average Bonchev–Trinajstić information content (AvgIpc) is 3.16. The largest absolute Gasteiger partial charge is 0.465 e. The van der Waals surface area contributed by atoms with Crippen LogP contribution in [0, 0.1) is 11.8 Å². The van der Waals surface area contributed by atoms with Crippen LogP contribution in [0.1, 0.15) is 64.7 Å². The van der Waals surface area contributed by atoms with Crippen molar-refractivity contribution in [3.8, 4) is 0 Å². The second-order valence-electron chi connectivity index (χ2n) is 10.9. The second-order valence-corrected chi connectivity index (χ2v) is 12.6. The van der Waals surface area contributed by atoms with Crippen molar-refractivity contribution in [2.45, 2.75) is 86.3 Å². The van der Waals surface area contributed by atoms with E-state index in [1.807, 2.05) is 17.9 Å². The zero-order valence-electron chi connectivity index (χ0n) is 20.7. The summed E-state index contributed by atoms with van der Waals surface area (Å²) in [5.41, 5.74) is 0. The number of cyclic esters (lactones) is 1. The minimum atomic E-state index is -0.790. The SMILES string of the molecule is C[C@]12C=CCCOC(=O)[C@H]1[C@H]1C(=O)N(CCCCCO)C3C(=O)N(C4CCCCC4)CC=C[C@@]31S2. The Kier molecular flexibility index (Phi) is 7.05. The number of thioether (sulfide) groups is 1. The number of hydrogen-bond donors (Lipinski definition) is 1. The van der Waals surface area contributed by atoms with Crippen LogP contribution in [0.25, 0.3) is 0 Å². The smallest absolute Gasteiger partial charge is 0.311 e. The van der Waals surface area contributed by atoms with Gasteiger partial charge < -0.3 is 19.6 Å². The normalized spacial score (nSPS) is 37.4. The first-order valence-corrected chi connectivity index (χ1v) is 14.2. The molecule has 1 spiro atoms. The summed E-state index contributed by atoms with van der Waals surface area (Å²) in [6, 6.07) is -0.409. The van der Waals surface area contributed by atoms with E-state index < -0.39 is 27.4 Å². The van der Waals surface area contributed by atoms with Crippen LogP contribution in [0.2, 0.25) is 0 Å². The van der Waals surface area contributed by atoms with Crippen molar-refractivity contribution >= 4 is 29.5 Å². The van der Waals surface area contributed by atoms with Crippen LogP contribution < -0.4 is 0 Å². The number of aliphatic hydroxyl groups excluding tert-OH is 1. The molecule has 1 N–H and O–H groups in total. The molecule has 0 aromatic rings. The van der Waals surface area contributed by atoms with E-state index in [-0.39, 0.29) is 30.4 Å². The molecule has 5 rings (SSSR count). The number of amides is 2. The maximum atomic E-state index is 14.3. The van der Waals surface area contributed by atoms with E-state index in [9.17, 15) is 19.5 Å². The maximum absolute atomic E-state index is 14.3. The van der Waals surface area contributed by atoms with Crippen molar-refractivity contribution in [1.29, 1.82) is 0 Å². The van der Waals surface area contributed by atoms with E-state index in [4.69, 9.17) is 4.74 Å². The summed E-state index contributed by atoms with van der Waals surface area (Å²) < 4.78 is 4.20. The number of carbonyl (C=O) groups is 3. The average molecular weight is 503 g/mol. The van der Waals surface area contributed by atoms with Gasteiger partial charge in [0.15, 0.2) is 0 Å². The quantitative estimate of drug-likeness (QED) is 0.341. The molecule has 2 saturated heterocycles. The van der Waals surface area contributed by atoms with Crippen LogP contribution in [0.4, 0.5) is 0 Å². The minimum Gasteiger partial charge on any atom is -0.465 e. The molecule has 4 heterocycles. The number of esters is 1. The van der Waals surface area contributed by atoms with Gasteiger partial charge in [-0.15, -0.1) is 11.8 Å². The van der Waals surface area contributed by atoms with Gasteiger partial charge in [0.05, 0.1) is 23.2 Å². The summed E-state index contributed by atoms with van der Waals surface area (Å²) in [6.07, 6.45) is 16.6. The van der Waals surface area contributed by atoms with Crippen molar-refractivity contribution in [2.75, 3.05) is 26.3 Å². The van der Waals surface area contributed by atoms with Gasteiger partial charge in [0, 0.05) is 30.5 Å². The van der Waals surface area contributed by atoms with Gasteiger partial charge in [-0.1, -0.05) is 43.6 Å². The van der Waals surface area contributed by atoms with Crippen LogP contribution >= 0.6 is 11.8 Å². The summed E-state index contributed by atoms with van der Waals surface area (Å²) >= 11 is 1.62. The molecule has 8 heteroatoms. The van der Waals surface area contributed by atoms with Gasteiger partial charge in [-0.3, -0.25) is 14.4 Å². The molecule has 0 aromatic heterocycles. The van der Waals surface area contributed by atoms with E-state index in [1.165, 1.54) is 6.42 Å². The third-order valence-electron chi connectivity index (χ3n) is 8.62. The molecule has 7 nitrogen and oxygen atoms in total. The molecule has 5 atom stereocenters. The first-order valence-electron chi connectivity index (χ1n) is 13.4. The molecular weight excluding hydrogens is 464 g/mol. The summed E-state index contributed by atoms with van der Waals surface area (Å²) in [5.74, 6) is -1.64. The third-order valence-corrected chi connectivity index (χ3v) is 10.4. The third kappa shape index (κ3) is 4.14. The number of hydrogen-bond acceptors (Lipinski definition) is 6. The molecule has 4 aliphatic heterocycles. The number of rotatable bonds is 6. The predicted octanol–water partition coefficient (Wildman–Crippen LogP) is 3.07. The molecule has 2 amide bonds. The monoisotopic (exact) mass is 502 g/mol. The number of aliphatic hydroxyl groups is 1. The van der Waals surface area contributed by atoms with E-state index in [1.54, 1.807) is 16.7 Å². The van der Waals surface area contributed by atoms with Crippen LogP contribution in [0.3, 0.4) is 0 Å². The van der Waals surface area contributed by atoms with E-state index in [0.717, 1.165) is 38.5 Å². The highest BCUT2D eigenvalue weighted by atomic mass is 32.2. The minimum absolute atomic E-state index is 0.0302. The van der Waals surface area contributed by atoms with Gasteiger partial charge in [-0.2, -0.15) is 0 Å². The van der Waals surface area contributed by atoms with Gasteiger partial charge in [0.1, 0.15) is 6.04 Å². The van der Waals surface area contributed by atoms with Crippen LogP contribution in [-0.2, 0) is 19.1 Å². The summed E-state index contributed by atoms with van der Waals surface area (Å²) in [6.45, 7) is 3.49.